The summed E-state index contributed by atoms with van der Waals surface area (Å²) in [6, 6.07) is 0.945. The maximum Gasteiger partial charge on any atom is 0.314 e. The molecule has 4 N–H and O–H groups in total. The third-order valence-corrected chi connectivity index (χ3v) is 2.70. The molecule has 0 aromatic carbocycles. The molecule has 0 aromatic rings. The van der Waals surface area contributed by atoms with E-state index in [0.717, 1.165) is 25.7 Å². The van der Waals surface area contributed by atoms with Crippen molar-refractivity contribution in [2.45, 2.75) is 37.8 Å². The molecule has 0 bridgehead atoms. The molecule has 1 rings (SSSR count). The third kappa shape index (κ3) is 6.14. The Morgan fingerprint density at radius 3 is 2.06 bits per heavy atom. The second kappa shape index (κ2) is 8.86. The second-order valence-corrected chi connectivity index (χ2v) is 3.69. The van der Waals surface area contributed by atoms with E-state index in [1.807, 2.05) is 7.05 Å². The Bertz CT molecular complexity index is 230. The minimum absolute atomic E-state index is 0.0621. The van der Waals surface area contributed by atoms with E-state index in [1.54, 1.807) is 7.05 Å². The van der Waals surface area contributed by atoms with E-state index < -0.39 is 0 Å². The summed E-state index contributed by atoms with van der Waals surface area (Å²) in [5.41, 5.74) is 0. The Morgan fingerprint density at radius 2 is 1.69 bits per heavy atom. The predicted molar refractivity (Wildman–Crippen MR) is 63.5 cm³/mol. The molecule has 16 heavy (non-hydrogen) atoms. The van der Waals surface area contributed by atoms with Crippen molar-refractivity contribution in [2.75, 3.05) is 14.1 Å². The lowest BCUT2D eigenvalue weighted by molar-refractivity contribution is 0.232. The first-order chi connectivity index (χ1) is 7.67. The number of terminal acetylenes is 1. The van der Waals surface area contributed by atoms with Gasteiger partial charge in [-0.1, -0.05) is 6.42 Å². The van der Waals surface area contributed by atoms with E-state index >= 15 is 0 Å². The lowest BCUT2D eigenvalue weighted by atomic mass is 9.91. The number of rotatable bonds is 2. The van der Waals surface area contributed by atoms with Crippen LogP contribution < -0.4 is 16.0 Å². The summed E-state index contributed by atoms with van der Waals surface area (Å²) in [5.74, 6) is 0. The first-order valence-corrected chi connectivity index (χ1v) is 5.43. The maximum absolute atomic E-state index is 11.0. The van der Waals surface area contributed by atoms with Crippen molar-refractivity contribution in [3.05, 3.63) is 0 Å². The zero-order valence-corrected chi connectivity index (χ0v) is 9.92. The lowest BCUT2D eigenvalue weighted by Crippen LogP contribution is -2.44. The largest absolute Gasteiger partial charge is 0.462 e. The SMILES string of the molecule is C#CO.CNC(=O)NC1CCC(NC)CC1. The molecule has 0 heterocycles. The summed E-state index contributed by atoms with van der Waals surface area (Å²) >= 11 is 0. The van der Waals surface area contributed by atoms with Gasteiger partial charge in [0.2, 0.25) is 0 Å². The molecule has 5 heteroatoms. The molecule has 1 saturated carbocycles. The van der Waals surface area contributed by atoms with Gasteiger partial charge in [-0.05, 0) is 32.7 Å². The van der Waals surface area contributed by atoms with Crippen molar-refractivity contribution >= 4 is 6.03 Å². The van der Waals surface area contributed by atoms with Gasteiger partial charge in [0.25, 0.3) is 0 Å². The van der Waals surface area contributed by atoms with Crippen LogP contribution in [0, 0.1) is 12.5 Å². The molecule has 0 spiro atoms. The van der Waals surface area contributed by atoms with Crippen LogP contribution in [0.1, 0.15) is 25.7 Å². The highest BCUT2D eigenvalue weighted by Gasteiger charge is 2.20. The number of aliphatic hydroxyl groups excluding tert-OH is 1. The van der Waals surface area contributed by atoms with E-state index in [9.17, 15) is 4.79 Å². The standard InChI is InChI=1S/C9H19N3O.C2H2O/c1-10-7-3-5-8(6-4-7)12-9(13)11-2;1-2-3/h7-8,10H,3-6H2,1-2H3,(H2,11,12,13);1,3H. The second-order valence-electron chi connectivity index (χ2n) is 3.69. The van der Waals surface area contributed by atoms with Crippen molar-refractivity contribution in [2.24, 2.45) is 0 Å². The molecule has 1 aliphatic carbocycles. The molecule has 0 aliphatic heterocycles. The van der Waals surface area contributed by atoms with Gasteiger partial charge in [0.15, 0.2) is 0 Å². The molecule has 92 valence electrons. The molecule has 0 unspecified atom stereocenters. The fraction of sp³-hybridized carbons (Fsp3) is 0.727. The summed E-state index contributed by atoms with van der Waals surface area (Å²) in [5, 5.41) is 15.9. The number of hydrogen-bond donors (Lipinski definition) is 4. The average Bonchev–Trinajstić information content (AvgIpc) is 2.31. The summed E-state index contributed by atoms with van der Waals surface area (Å²) in [4.78, 5) is 11.0. The van der Waals surface area contributed by atoms with Crippen LogP contribution >= 0.6 is 0 Å². The maximum atomic E-state index is 11.0. The van der Waals surface area contributed by atoms with Gasteiger partial charge in [-0.2, -0.15) is 0 Å². The highest BCUT2D eigenvalue weighted by molar-refractivity contribution is 5.73. The molecule has 0 radical (unpaired) electrons. The quantitative estimate of drug-likeness (QED) is 0.516. The van der Waals surface area contributed by atoms with Crippen molar-refractivity contribution in [3.8, 4) is 12.5 Å². The molecule has 0 aromatic heterocycles. The van der Waals surface area contributed by atoms with Crippen LogP contribution in [0.25, 0.3) is 0 Å². The molecule has 5 nitrogen and oxygen atoms in total. The summed E-state index contributed by atoms with van der Waals surface area (Å²) in [6.45, 7) is 0. The van der Waals surface area contributed by atoms with Gasteiger partial charge in [0, 0.05) is 19.1 Å². The molecular weight excluding hydrogens is 206 g/mol. The smallest absolute Gasteiger partial charge is 0.314 e. The summed E-state index contributed by atoms with van der Waals surface area (Å²) in [7, 11) is 3.64. The van der Waals surface area contributed by atoms with Gasteiger partial charge in [0.1, 0.15) is 6.11 Å². The van der Waals surface area contributed by atoms with Crippen LogP contribution in [0.2, 0.25) is 0 Å². The fourth-order valence-corrected chi connectivity index (χ4v) is 1.78. The number of carbonyl (C=O) groups excluding carboxylic acids is 1. The van der Waals surface area contributed by atoms with Gasteiger partial charge in [-0.25, -0.2) is 4.79 Å². The number of hydrogen-bond acceptors (Lipinski definition) is 3. The minimum atomic E-state index is -0.0621. The average molecular weight is 227 g/mol. The van der Waals surface area contributed by atoms with Crippen LogP contribution in [0.15, 0.2) is 0 Å². The van der Waals surface area contributed by atoms with Crippen LogP contribution in [0.5, 0.6) is 0 Å². The van der Waals surface area contributed by atoms with Crippen LogP contribution in [-0.2, 0) is 0 Å². The zero-order valence-electron chi connectivity index (χ0n) is 9.92. The van der Waals surface area contributed by atoms with Gasteiger partial charge < -0.3 is 21.1 Å². The third-order valence-electron chi connectivity index (χ3n) is 2.70. The molecule has 2 amide bonds. The Morgan fingerprint density at radius 1 is 1.25 bits per heavy atom. The highest BCUT2D eigenvalue weighted by atomic mass is 16.2. The van der Waals surface area contributed by atoms with Gasteiger partial charge in [-0.15, -0.1) is 0 Å². The Hall–Kier alpha value is -1.41. The number of nitrogens with one attached hydrogen (secondary N) is 3. The molecule has 1 fully saturated rings. The predicted octanol–water partition coefficient (Wildman–Crippen LogP) is 0.396. The molecule has 0 atom stereocenters. The van der Waals surface area contributed by atoms with E-state index in [0.29, 0.717) is 12.1 Å². The Labute approximate surface area is 97.0 Å². The van der Waals surface area contributed by atoms with Gasteiger partial charge in [-0.3, -0.25) is 0 Å². The first-order valence-electron chi connectivity index (χ1n) is 5.43. The minimum Gasteiger partial charge on any atom is -0.462 e. The number of carbonyl (C=O) groups is 1. The van der Waals surface area contributed by atoms with Crippen LogP contribution in [0.3, 0.4) is 0 Å². The Balaban J connectivity index is 0.000000673. The van der Waals surface area contributed by atoms with Crippen molar-refractivity contribution in [1.29, 1.82) is 0 Å². The zero-order chi connectivity index (χ0) is 12.4. The van der Waals surface area contributed by atoms with Crippen molar-refractivity contribution < 1.29 is 9.90 Å². The Kier molecular flexibility index (Phi) is 8.08. The molecule has 1 aliphatic rings. The monoisotopic (exact) mass is 227 g/mol. The number of amides is 2. The normalized spacial score (nSPS) is 23.3. The topological polar surface area (TPSA) is 73.4 Å². The molecule has 0 saturated heterocycles. The summed E-state index contributed by atoms with van der Waals surface area (Å²) in [6.07, 6.45) is 9.88. The van der Waals surface area contributed by atoms with E-state index in [2.05, 4.69) is 22.4 Å². The summed E-state index contributed by atoms with van der Waals surface area (Å²) < 4.78 is 0. The first kappa shape index (κ1) is 14.6. The fourth-order valence-electron chi connectivity index (χ4n) is 1.78. The van der Waals surface area contributed by atoms with Crippen LogP contribution in [0.4, 0.5) is 4.79 Å². The number of aliphatic hydroxyl groups is 1. The van der Waals surface area contributed by atoms with E-state index in [1.165, 1.54) is 6.11 Å². The van der Waals surface area contributed by atoms with Gasteiger partial charge in [0.05, 0.1) is 0 Å². The van der Waals surface area contributed by atoms with Crippen molar-refractivity contribution in [1.82, 2.24) is 16.0 Å². The van der Waals surface area contributed by atoms with E-state index in [-0.39, 0.29) is 6.03 Å². The van der Waals surface area contributed by atoms with Crippen LogP contribution in [-0.4, -0.2) is 37.3 Å². The van der Waals surface area contributed by atoms with E-state index in [4.69, 9.17) is 5.11 Å². The number of urea groups is 1. The lowest BCUT2D eigenvalue weighted by Gasteiger charge is -2.28. The highest BCUT2D eigenvalue weighted by Crippen LogP contribution is 2.17. The van der Waals surface area contributed by atoms with Gasteiger partial charge >= 0.3 is 6.03 Å². The molecular formula is C11H21N3O2. The van der Waals surface area contributed by atoms with Crippen molar-refractivity contribution in [3.63, 3.8) is 0 Å².